The standard InChI is InChI=1S/C19H20N2O6/c22-18(12-7-15(20(23)24)9-16(8-12)21(25)26)27-19-13-3-1-10(5-13)17(19)11-2-4-14(19)6-11/h7-11,13-14,17H,1-6H2/t10-,11+,13-,14+,17?,19?. The van der Waals surface area contributed by atoms with Crippen molar-refractivity contribution in [1.29, 1.82) is 0 Å². The lowest BCUT2D eigenvalue weighted by atomic mass is 9.67. The fourth-order valence-electron chi connectivity index (χ4n) is 6.88. The second-order valence-electron chi connectivity index (χ2n) is 8.56. The van der Waals surface area contributed by atoms with Crippen LogP contribution in [0.15, 0.2) is 18.2 Å². The zero-order chi connectivity index (χ0) is 18.9. The zero-order valence-electron chi connectivity index (χ0n) is 14.7. The summed E-state index contributed by atoms with van der Waals surface area (Å²) in [6, 6.07) is 3.04. The van der Waals surface area contributed by atoms with Crippen molar-refractivity contribution >= 4 is 17.3 Å². The van der Waals surface area contributed by atoms with Crippen LogP contribution in [-0.4, -0.2) is 21.4 Å². The molecule has 5 rings (SSSR count). The first kappa shape index (κ1) is 16.6. The van der Waals surface area contributed by atoms with Crippen LogP contribution in [0.4, 0.5) is 11.4 Å². The number of nitrogens with zero attached hydrogens (tertiary/aromatic N) is 2. The summed E-state index contributed by atoms with van der Waals surface area (Å²) in [5, 5.41) is 22.2. The highest BCUT2D eigenvalue weighted by Crippen LogP contribution is 2.71. The largest absolute Gasteiger partial charge is 0.455 e. The number of hydrogen-bond acceptors (Lipinski definition) is 6. The van der Waals surface area contributed by atoms with Crippen LogP contribution in [0, 0.1) is 49.8 Å². The van der Waals surface area contributed by atoms with E-state index >= 15 is 0 Å². The van der Waals surface area contributed by atoms with E-state index in [9.17, 15) is 25.0 Å². The third-order valence-corrected chi connectivity index (χ3v) is 7.59. The smallest absolute Gasteiger partial charge is 0.339 e. The molecule has 27 heavy (non-hydrogen) atoms. The van der Waals surface area contributed by atoms with Gasteiger partial charge in [-0.05, 0) is 62.2 Å². The van der Waals surface area contributed by atoms with E-state index in [0.29, 0.717) is 29.6 Å². The number of hydrogen-bond donors (Lipinski definition) is 0. The second kappa shape index (κ2) is 5.50. The SMILES string of the molecule is O=C(OC12C([C@@H]3CC[C@@H]1C3)[C@H]1CC[C@H]2C1)c1cc([N+](=O)[O-])cc([N+](=O)[O-])c1. The molecule has 4 bridgehead atoms. The number of benzene rings is 1. The average molecular weight is 372 g/mol. The van der Waals surface area contributed by atoms with Gasteiger partial charge >= 0.3 is 5.97 Å². The topological polar surface area (TPSA) is 113 Å². The van der Waals surface area contributed by atoms with Crippen LogP contribution in [0.1, 0.15) is 48.9 Å². The Morgan fingerprint density at radius 2 is 1.44 bits per heavy atom. The molecular formula is C19H20N2O6. The number of carbonyl (C=O) groups excluding carboxylic acids is 1. The molecule has 8 nitrogen and oxygen atoms in total. The minimum Gasteiger partial charge on any atom is -0.455 e. The number of non-ortho nitro benzene ring substituents is 2. The predicted octanol–water partition coefficient (Wildman–Crippen LogP) is 3.87. The Labute approximate surface area is 155 Å². The molecule has 4 aliphatic carbocycles. The molecule has 4 aliphatic rings. The Kier molecular flexibility index (Phi) is 3.39. The van der Waals surface area contributed by atoms with Crippen LogP contribution in [0.2, 0.25) is 0 Å². The molecule has 6 atom stereocenters. The van der Waals surface area contributed by atoms with E-state index < -0.39 is 32.8 Å². The maximum absolute atomic E-state index is 13.0. The maximum Gasteiger partial charge on any atom is 0.339 e. The van der Waals surface area contributed by atoms with E-state index in [-0.39, 0.29) is 5.56 Å². The molecule has 4 saturated carbocycles. The van der Waals surface area contributed by atoms with E-state index in [1.807, 2.05) is 0 Å². The summed E-state index contributed by atoms with van der Waals surface area (Å²) in [4.78, 5) is 33.8. The van der Waals surface area contributed by atoms with Crippen LogP contribution < -0.4 is 0 Å². The van der Waals surface area contributed by atoms with Crippen LogP contribution >= 0.6 is 0 Å². The molecule has 0 N–H and O–H groups in total. The van der Waals surface area contributed by atoms with Gasteiger partial charge in [-0.3, -0.25) is 20.2 Å². The van der Waals surface area contributed by atoms with Gasteiger partial charge in [0.15, 0.2) is 0 Å². The normalized spacial score (nSPS) is 38.0. The number of nitro groups is 2. The molecule has 0 amide bonds. The summed E-state index contributed by atoms with van der Waals surface area (Å²) in [6.45, 7) is 0. The minimum absolute atomic E-state index is 0.102. The van der Waals surface area contributed by atoms with Gasteiger partial charge in [0.25, 0.3) is 11.4 Å². The van der Waals surface area contributed by atoms with Gasteiger partial charge in [-0.15, -0.1) is 0 Å². The van der Waals surface area contributed by atoms with Crippen molar-refractivity contribution in [2.24, 2.45) is 29.6 Å². The molecule has 1 aromatic carbocycles. The highest BCUT2D eigenvalue weighted by molar-refractivity contribution is 5.91. The number of esters is 1. The van der Waals surface area contributed by atoms with Gasteiger partial charge in [0, 0.05) is 18.1 Å². The Morgan fingerprint density at radius 3 is 1.93 bits per heavy atom. The summed E-state index contributed by atoms with van der Waals surface area (Å²) in [7, 11) is 0. The van der Waals surface area contributed by atoms with Gasteiger partial charge in [0.05, 0.1) is 21.5 Å². The third kappa shape index (κ3) is 2.18. The van der Waals surface area contributed by atoms with Gasteiger partial charge in [0.2, 0.25) is 0 Å². The van der Waals surface area contributed by atoms with Crippen LogP contribution in [0.5, 0.6) is 0 Å². The molecule has 0 radical (unpaired) electrons. The highest BCUT2D eigenvalue weighted by atomic mass is 16.6. The van der Waals surface area contributed by atoms with Crippen molar-refractivity contribution in [3.8, 4) is 0 Å². The van der Waals surface area contributed by atoms with E-state index in [2.05, 4.69) is 0 Å². The quantitative estimate of drug-likeness (QED) is 0.343. The number of ether oxygens (including phenoxy) is 1. The maximum atomic E-state index is 13.0. The monoisotopic (exact) mass is 372 g/mol. The lowest BCUT2D eigenvalue weighted by Crippen LogP contribution is -2.51. The molecular weight excluding hydrogens is 352 g/mol. The summed E-state index contributed by atoms with van der Waals surface area (Å²) in [5.74, 6) is 1.68. The van der Waals surface area contributed by atoms with Crippen molar-refractivity contribution in [3.05, 3.63) is 44.0 Å². The fraction of sp³-hybridized carbons (Fsp3) is 0.632. The summed E-state index contributed by atoms with van der Waals surface area (Å²) >= 11 is 0. The van der Waals surface area contributed by atoms with Crippen molar-refractivity contribution in [1.82, 2.24) is 0 Å². The molecule has 4 fully saturated rings. The number of rotatable bonds is 4. The highest BCUT2D eigenvalue weighted by Gasteiger charge is 2.71. The molecule has 142 valence electrons. The van der Waals surface area contributed by atoms with E-state index in [4.69, 9.17) is 4.74 Å². The molecule has 0 saturated heterocycles. The number of fused-ring (bicyclic) bond motifs is 9. The van der Waals surface area contributed by atoms with Crippen LogP contribution in [-0.2, 0) is 4.74 Å². The van der Waals surface area contributed by atoms with Crippen LogP contribution in [0.25, 0.3) is 0 Å². The fourth-order valence-corrected chi connectivity index (χ4v) is 6.88. The molecule has 0 aliphatic heterocycles. The molecule has 1 aromatic rings. The molecule has 0 spiro atoms. The van der Waals surface area contributed by atoms with Gasteiger partial charge in [0.1, 0.15) is 5.60 Å². The lowest BCUT2D eigenvalue weighted by molar-refractivity contribution is -0.394. The Morgan fingerprint density at radius 1 is 0.926 bits per heavy atom. The molecule has 0 heterocycles. The van der Waals surface area contributed by atoms with Crippen LogP contribution in [0.3, 0.4) is 0 Å². The Bertz CT molecular complexity index is 814. The molecule has 0 aromatic heterocycles. The van der Waals surface area contributed by atoms with Crippen molar-refractivity contribution in [2.75, 3.05) is 0 Å². The Balaban J connectivity index is 1.50. The third-order valence-electron chi connectivity index (χ3n) is 7.59. The van der Waals surface area contributed by atoms with Crippen molar-refractivity contribution < 1.29 is 19.4 Å². The predicted molar refractivity (Wildman–Crippen MR) is 93.0 cm³/mol. The van der Waals surface area contributed by atoms with Gasteiger partial charge in [-0.2, -0.15) is 0 Å². The minimum atomic E-state index is -0.722. The summed E-state index contributed by atoms with van der Waals surface area (Å²) < 4.78 is 6.16. The van der Waals surface area contributed by atoms with Gasteiger partial charge < -0.3 is 4.74 Å². The lowest BCUT2D eigenvalue weighted by Gasteiger charge is -2.46. The number of carbonyl (C=O) groups is 1. The first-order valence-electron chi connectivity index (χ1n) is 9.57. The van der Waals surface area contributed by atoms with Gasteiger partial charge in [-0.25, -0.2) is 4.79 Å². The first-order valence-corrected chi connectivity index (χ1v) is 9.57. The van der Waals surface area contributed by atoms with E-state index in [1.54, 1.807) is 0 Å². The van der Waals surface area contributed by atoms with Crippen molar-refractivity contribution in [3.63, 3.8) is 0 Å². The summed E-state index contributed by atoms with van der Waals surface area (Å²) in [6.07, 6.45) is 6.71. The van der Waals surface area contributed by atoms with Gasteiger partial charge in [-0.1, -0.05) is 0 Å². The summed E-state index contributed by atoms with van der Waals surface area (Å²) in [5.41, 5.74) is -1.49. The molecule has 2 unspecified atom stereocenters. The number of nitro benzene ring substituents is 2. The van der Waals surface area contributed by atoms with E-state index in [0.717, 1.165) is 43.9 Å². The van der Waals surface area contributed by atoms with E-state index in [1.165, 1.54) is 12.8 Å². The zero-order valence-corrected chi connectivity index (χ0v) is 14.7. The average Bonchev–Trinajstić information content (AvgIpc) is 3.40. The van der Waals surface area contributed by atoms with Crippen molar-refractivity contribution in [2.45, 2.75) is 44.1 Å². The second-order valence-corrected chi connectivity index (χ2v) is 8.56. The molecule has 8 heteroatoms. The Hall–Kier alpha value is -2.51. The first-order chi connectivity index (χ1) is 12.9.